The summed E-state index contributed by atoms with van der Waals surface area (Å²) < 4.78 is 24.1. The van der Waals surface area contributed by atoms with Crippen LogP contribution in [-0.4, -0.2) is 24.6 Å². The molecule has 1 aliphatic rings. The smallest absolute Gasteiger partial charge is 0.170 e. The minimum Gasteiger partial charge on any atom is -0.489 e. The Kier molecular flexibility index (Phi) is 3.39. The number of hydrogen-bond donors (Lipinski definition) is 0. The van der Waals surface area contributed by atoms with E-state index in [2.05, 4.69) is 0 Å². The standard InChI is InChI=1S/C14H17FO3/c1-14(2,17-3)8-10-7-12(16)11-5-4-9(15)6-13(11)18-10/h4-6,10H,7-8H2,1-3H3. The van der Waals surface area contributed by atoms with Crippen molar-refractivity contribution >= 4 is 5.78 Å². The van der Waals surface area contributed by atoms with Crippen molar-refractivity contribution in [3.05, 3.63) is 29.6 Å². The van der Waals surface area contributed by atoms with Crippen molar-refractivity contribution in [1.29, 1.82) is 0 Å². The van der Waals surface area contributed by atoms with Gasteiger partial charge in [0.2, 0.25) is 0 Å². The molecule has 0 N–H and O–H groups in total. The molecule has 0 bridgehead atoms. The molecule has 0 aliphatic carbocycles. The summed E-state index contributed by atoms with van der Waals surface area (Å²) in [7, 11) is 1.62. The number of ketones is 1. The Hall–Kier alpha value is -1.42. The molecular formula is C14H17FO3. The van der Waals surface area contributed by atoms with Gasteiger partial charge >= 0.3 is 0 Å². The Bertz CT molecular complexity index is 468. The predicted molar refractivity (Wildman–Crippen MR) is 65.5 cm³/mol. The lowest BCUT2D eigenvalue weighted by Gasteiger charge is -2.31. The maximum Gasteiger partial charge on any atom is 0.170 e. The number of Topliss-reactive ketones (excluding diaryl/α,β-unsaturated/α-hetero) is 1. The second kappa shape index (κ2) is 4.69. The summed E-state index contributed by atoms with van der Waals surface area (Å²) in [6, 6.07) is 4.02. The van der Waals surface area contributed by atoms with Crippen molar-refractivity contribution in [2.24, 2.45) is 0 Å². The highest BCUT2D eigenvalue weighted by molar-refractivity contribution is 5.99. The quantitative estimate of drug-likeness (QED) is 0.829. The van der Waals surface area contributed by atoms with Crippen molar-refractivity contribution in [2.45, 2.75) is 38.4 Å². The van der Waals surface area contributed by atoms with Crippen molar-refractivity contribution in [2.75, 3.05) is 7.11 Å². The van der Waals surface area contributed by atoms with Crippen LogP contribution < -0.4 is 4.74 Å². The molecule has 1 heterocycles. The third kappa shape index (κ3) is 2.70. The van der Waals surface area contributed by atoms with Gasteiger partial charge in [0.25, 0.3) is 0 Å². The third-order valence-electron chi connectivity index (χ3n) is 3.22. The summed E-state index contributed by atoms with van der Waals surface area (Å²) in [5.74, 6) is -0.0653. The van der Waals surface area contributed by atoms with Gasteiger partial charge in [0.05, 0.1) is 11.2 Å². The molecule has 0 aromatic heterocycles. The lowest BCUT2D eigenvalue weighted by molar-refractivity contribution is -0.0158. The summed E-state index contributed by atoms with van der Waals surface area (Å²) in [4.78, 5) is 11.9. The van der Waals surface area contributed by atoms with Crippen LogP contribution in [0.3, 0.4) is 0 Å². The molecule has 1 aliphatic heterocycles. The van der Waals surface area contributed by atoms with E-state index in [1.807, 2.05) is 13.8 Å². The van der Waals surface area contributed by atoms with Crippen LogP contribution in [0.5, 0.6) is 5.75 Å². The molecule has 0 spiro atoms. The van der Waals surface area contributed by atoms with Crippen LogP contribution in [0.15, 0.2) is 18.2 Å². The van der Waals surface area contributed by atoms with Crippen molar-refractivity contribution in [3.63, 3.8) is 0 Å². The highest BCUT2D eigenvalue weighted by Gasteiger charge is 2.31. The Balaban J connectivity index is 2.19. The third-order valence-corrected chi connectivity index (χ3v) is 3.22. The number of rotatable bonds is 3. The van der Waals surface area contributed by atoms with Gasteiger partial charge in [-0.2, -0.15) is 0 Å². The molecular weight excluding hydrogens is 235 g/mol. The second-order valence-electron chi connectivity index (χ2n) is 5.18. The van der Waals surface area contributed by atoms with Gasteiger partial charge < -0.3 is 9.47 Å². The highest BCUT2D eigenvalue weighted by atomic mass is 19.1. The maximum absolute atomic E-state index is 13.1. The molecule has 1 aromatic carbocycles. The summed E-state index contributed by atoms with van der Waals surface area (Å²) >= 11 is 0. The monoisotopic (exact) mass is 252 g/mol. The Morgan fingerprint density at radius 3 is 2.89 bits per heavy atom. The Morgan fingerprint density at radius 2 is 2.22 bits per heavy atom. The van der Waals surface area contributed by atoms with Gasteiger partial charge in [-0.15, -0.1) is 0 Å². The van der Waals surface area contributed by atoms with Crippen LogP contribution >= 0.6 is 0 Å². The highest BCUT2D eigenvalue weighted by Crippen LogP contribution is 2.31. The number of fused-ring (bicyclic) bond motifs is 1. The SMILES string of the molecule is COC(C)(C)CC1CC(=O)c2ccc(F)cc2O1. The van der Waals surface area contributed by atoms with Crippen molar-refractivity contribution < 1.29 is 18.7 Å². The molecule has 3 nitrogen and oxygen atoms in total. The van der Waals surface area contributed by atoms with Crippen LogP contribution in [0.2, 0.25) is 0 Å². The van der Waals surface area contributed by atoms with Gasteiger partial charge in [0.15, 0.2) is 5.78 Å². The topological polar surface area (TPSA) is 35.5 Å². The average Bonchev–Trinajstić information content (AvgIpc) is 2.27. The molecule has 0 saturated carbocycles. The molecule has 0 fully saturated rings. The number of ether oxygens (including phenoxy) is 2. The van der Waals surface area contributed by atoms with Crippen LogP contribution in [0.4, 0.5) is 4.39 Å². The minimum atomic E-state index is -0.395. The lowest BCUT2D eigenvalue weighted by Crippen LogP contribution is -2.35. The van der Waals surface area contributed by atoms with Gasteiger partial charge in [-0.05, 0) is 26.0 Å². The average molecular weight is 252 g/mol. The van der Waals surface area contributed by atoms with E-state index in [0.29, 0.717) is 24.2 Å². The normalized spacial score (nSPS) is 19.3. The molecule has 0 amide bonds. The zero-order chi connectivity index (χ0) is 13.3. The Morgan fingerprint density at radius 1 is 1.50 bits per heavy atom. The summed E-state index contributed by atoms with van der Waals surface area (Å²) in [5, 5.41) is 0. The van der Waals surface area contributed by atoms with Crippen LogP contribution in [0.1, 0.15) is 37.0 Å². The fourth-order valence-corrected chi connectivity index (χ4v) is 2.11. The van der Waals surface area contributed by atoms with Gasteiger partial charge in [-0.1, -0.05) is 0 Å². The second-order valence-corrected chi connectivity index (χ2v) is 5.18. The van der Waals surface area contributed by atoms with Crippen molar-refractivity contribution in [1.82, 2.24) is 0 Å². The molecule has 4 heteroatoms. The van der Waals surface area contributed by atoms with Crippen LogP contribution in [-0.2, 0) is 4.74 Å². The largest absolute Gasteiger partial charge is 0.489 e. The molecule has 1 unspecified atom stereocenters. The Labute approximate surface area is 106 Å². The molecule has 98 valence electrons. The van der Waals surface area contributed by atoms with E-state index in [4.69, 9.17) is 9.47 Å². The molecule has 0 radical (unpaired) electrons. The first-order valence-electron chi connectivity index (χ1n) is 5.96. The number of carbonyl (C=O) groups is 1. The molecule has 1 aromatic rings. The van der Waals surface area contributed by atoms with E-state index in [-0.39, 0.29) is 17.5 Å². The van der Waals surface area contributed by atoms with E-state index in [1.54, 1.807) is 7.11 Å². The summed E-state index contributed by atoms with van der Waals surface area (Å²) in [5.41, 5.74) is 0.0957. The van der Waals surface area contributed by atoms with Crippen LogP contribution in [0, 0.1) is 5.82 Å². The van der Waals surface area contributed by atoms with E-state index in [1.165, 1.54) is 18.2 Å². The summed E-state index contributed by atoms with van der Waals surface area (Å²) in [6.45, 7) is 3.86. The van der Waals surface area contributed by atoms with Crippen LogP contribution in [0.25, 0.3) is 0 Å². The minimum absolute atomic E-state index is 0.00634. The van der Waals surface area contributed by atoms with E-state index in [0.717, 1.165) is 0 Å². The van der Waals surface area contributed by atoms with E-state index < -0.39 is 5.82 Å². The van der Waals surface area contributed by atoms with Gasteiger partial charge in [-0.25, -0.2) is 4.39 Å². The fourth-order valence-electron chi connectivity index (χ4n) is 2.11. The first kappa shape index (κ1) is 13.0. The lowest BCUT2D eigenvalue weighted by atomic mass is 9.93. The zero-order valence-electron chi connectivity index (χ0n) is 10.8. The fraction of sp³-hybridized carbons (Fsp3) is 0.500. The first-order chi connectivity index (χ1) is 8.41. The van der Waals surface area contributed by atoms with Gasteiger partial charge in [0, 0.05) is 26.0 Å². The maximum atomic E-state index is 13.1. The number of hydrogen-bond acceptors (Lipinski definition) is 3. The van der Waals surface area contributed by atoms with E-state index in [9.17, 15) is 9.18 Å². The van der Waals surface area contributed by atoms with Gasteiger partial charge in [-0.3, -0.25) is 4.79 Å². The number of benzene rings is 1. The van der Waals surface area contributed by atoms with Crippen molar-refractivity contribution in [3.8, 4) is 5.75 Å². The number of carbonyl (C=O) groups excluding carboxylic acids is 1. The first-order valence-corrected chi connectivity index (χ1v) is 5.96. The number of methoxy groups -OCH3 is 1. The zero-order valence-corrected chi connectivity index (χ0v) is 10.8. The molecule has 1 atom stereocenters. The molecule has 18 heavy (non-hydrogen) atoms. The molecule has 2 rings (SSSR count). The number of halogens is 1. The summed E-state index contributed by atoms with van der Waals surface area (Å²) in [6.07, 6.45) is 0.637. The molecule has 0 saturated heterocycles. The van der Waals surface area contributed by atoms with E-state index >= 15 is 0 Å². The van der Waals surface area contributed by atoms with Gasteiger partial charge in [0.1, 0.15) is 17.7 Å². The predicted octanol–water partition coefficient (Wildman–Crippen LogP) is 2.97.